The zero-order chi connectivity index (χ0) is 17.6. The highest BCUT2D eigenvalue weighted by Gasteiger charge is 2.10. The van der Waals surface area contributed by atoms with E-state index in [0.29, 0.717) is 12.5 Å². The van der Waals surface area contributed by atoms with Crippen LogP contribution in [0.1, 0.15) is 43.6 Å². The Hall–Kier alpha value is -2.56. The summed E-state index contributed by atoms with van der Waals surface area (Å²) in [4.78, 5) is 9.12. The van der Waals surface area contributed by atoms with Crippen molar-refractivity contribution in [1.29, 1.82) is 0 Å². The SMILES string of the molecule is CC(C)Oc1ccc(NC(N)=NCc2ccc3c(n2)CCCC3)cc1. The molecule has 1 aliphatic rings. The summed E-state index contributed by atoms with van der Waals surface area (Å²) < 4.78 is 5.63. The number of nitrogens with zero attached hydrogens (tertiary/aromatic N) is 2. The molecule has 0 unspecified atom stereocenters. The van der Waals surface area contributed by atoms with Gasteiger partial charge in [-0.25, -0.2) is 4.99 Å². The molecule has 2 aromatic rings. The van der Waals surface area contributed by atoms with Gasteiger partial charge in [-0.15, -0.1) is 0 Å². The summed E-state index contributed by atoms with van der Waals surface area (Å²) in [6.45, 7) is 4.50. The summed E-state index contributed by atoms with van der Waals surface area (Å²) >= 11 is 0. The molecule has 0 fully saturated rings. The molecule has 1 heterocycles. The van der Waals surface area contributed by atoms with Crippen LogP contribution in [0, 0.1) is 0 Å². The first-order chi connectivity index (χ1) is 12.1. The van der Waals surface area contributed by atoms with Crippen molar-refractivity contribution < 1.29 is 4.74 Å². The normalized spacial score (nSPS) is 14.3. The molecular formula is C20H26N4O. The molecule has 25 heavy (non-hydrogen) atoms. The van der Waals surface area contributed by atoms with E-state index in [4.69, 9.17) is 15.5 Å². The van der Waals surface area contributed by atoms with Crippen LogP contribution in [0.3, 0.4) is 0 Å². The Balaban J connectivity index is 1.58. The Kier molecular flexibility index (Phi) is 5.53. The van der Waals surface area contributed by atoms with E-state index < -0.39 is 0 Å². The van der Waals surface area contributed by atoms with Crippen molar-refractivity contribution in [3.63, 3.8) is 0 Å². The topological polar surface area (TPSA) is 72.5 Å². The zero-order valence-electron chi connectivity index (χ0n) is 15.0. The predicted octanol–water partition coefficient (Wildman–Crippen LogP) is 3.67. The average molecular weight is 338 g/mol. The van der Waals surface area contributed by atoms with E-state index in [1.807, 2.05) is 38.1 Å². The van der Waals surface area contributed by atoms with Crippen LogP contribution in [0.25, 0.3) is 0 Å². The van der Waals surface area contributed by atoms with Gasteiger partial charge in [0, 0.05) is 11.4 Å². The molecule has 1 aromatic heterocycles. The van der Waals surface area contributed by atoms with Crippen molar-refractivity contribution in [2.45, 2.75) is 52.2 Å². The summed E-state index contributed by atoms with van der Waals surface area (Å²) in [6, 6.07) is 11.9. The monoisotopic (exact) mass is 338 g/mol. The van der Waals surface area contributed by atoms with Crippen LogP contribution < -0.4 is 15.8 Å². The number of nitrogens with two attached hydrogens (primary N) is 1. The van der Waals surface area contributed by atoms with Gasteiger partial charge in [0.2, 0.25) is 0 Å². The van der Waals surface area contributed by atoms with Gasteiger partial charge in [-0.2, -0.15) is 0 Å². The molecule has 0 spiro atoms. The third-order valence-corrected chi connectivity index (χ3v) is 4.15. The van der Waals surface area contributed by atoms with Crippen molar-refractivity contribution in [2.75, 3.05) is 5.32 Å². The Morgan fingerprint density at radius 1 is 1.16 bits per heavy atom. The molecule has 3 rings (SSSR count). The molecule has 0 bridgehead atoms. The Morgan fingerprint density at radius 2 is 1.92 bits per heavy atom. The minimum atomic E-state index is 0.162. The fourth-order valence-electron chi connectivity index (χ4n) is 2.96. The molecule has 0 aliphatic heterocycles. The number of aryl methyl sites for hydroxylation is 2. The maximum absolute atomic E-state index is 5.99. The largest absolute Gasteiger partial charge is 0.491 e. The van der Waals surface area contributed by atoms with Crippen LogP contribution in [-0.2, 0) is 19.4 Å². The van der Waals surface area contributed by atoms with Gasteiger partial charge in [-0.3, -0.25) is 4.98 Å². The second kappa shape index (κ2) is 8.01. The fraction of sp³-hybridized carbons (Fsp3) is 0.400. The van der Waals surface area contributed by atoms with Crippen molar-refractivity contribution in [2.24, 2.45) is 10.7 Å². The first-order valence-corrected chi connectivity index (χ1v) is 8.91. The maximum Gasteiger partial charge on any atom is 0.193 e. The number of fused-ring (bicyclic) bond motifs is 1. The van der Waals surface area contributed by atoms with Gasteiger partial charge >= 0.3 is 0 Å². The maximum atomic E-state index is 5.99. The van der Waals surface area contributed by atoms with Crippen LogP contribution in [0.2, 0.25) is 0 Å². The van der Waals surface area contributed by atoms with Crippen LogP contribution >= 0.6 is 0 Å². The number of benzene rings is 1. The van der Waals surface area contributed by atoms with E-state index in [1.165, 1.54) is 24.1 Å². The molecule has 1 aromatic carbocycles. The number of aromatic nitrogens is 1. The van der Waals surface area contributed by atoms with Gasteiger partial charge < -0.3 is 15.8 Å². The first-order valence-electron chi connectivity index (χ1n) is 8.91. The molecule has 0 amide bonds. The van der Waals surface area contributed by atoms with Gasteiger partial charge in [0.25, 0.3) is 0 Å². The van der Waals surface area contributed by atoms with Crippen molar-refractivity contribution in [1.82, 2.24) is 4.98 Å². The minimum Gasteiger partial charge on any atom is -0.491 e. The van der Waals surface area contributed by atoms with E-state index >= 15 is 0 Å². The summed E-state index contributed by atoms with van der Waals surface area (Å²) in [6.07, 6.45) is 4.88. The smallest absolute Gasteiger partial charge is 0.193 e. The molecular weight excluding hydrogens is 312 g/mol. The van der Waals surface area contributed by atoms with Crippen molar-refractivity contribution in [3.05, 3.63) is 53.3 Å². The highest BCUT2D eigenvalue weighted by Crippen LogP contribution is 2.20. The lowest BCUT2D eigenvalue weighted by Crippen LogP contribution is -2.22. The lowest BCUT2D eigenvalue weighted by atomic mass is 9.96. The molecule has 132 valence electrons. The number of aliphatic imine (C=N–C) groups is 1. The highest BCUT2D eigenvalue weighted by atomic mass is 16.5. The van der Waals surface area contributed by atoms with E-state index in [2.05, 4.69) is 22.4 Å². The summed E-state index contributed by atoms with van der Waals surface area (Å²) in [5.41, 5.74) is 10.5. The van der Waals surface area contributed by atoms with E-state index in [0.717, 1.165) is 30.0 Å². The Labute approximate surface area is 149 Å². The lowest BCUT2D eigenvalue weighted by Gasteiger charge is -2.15. The standard InChI is InChI=1S/C20H26N4O/c1-14(2)25-18-11-9-16(10-12-18)24-20(21)22-13-17-8-7-15-5-3-4-6-19(15)23-17/h7-12,14H,3-6,13H2,1-2H3,(H3,21,22,24). The van der Waals surface area contributed by atoms with Gasteiger partial charge in [-0.1, -0.05) is 6.07 Å². The van der Waals surface area contributed by atoms with Crippen LogP contribution in [0.4, 0.5) is 5.69 Å². The number of ether oxygens (including phenoxy) is 1. The van der Waals surface area contributed by atoms with Gasteiger partial charge in [-0.05, 0) is 75.4 Å². The van der Waals surface area contributed by atoms with Crippen molar-refractivity contribution in [3.8, 4) is 5.75 Å². The lowest BCUT2D eigenvalue weighted by molar-refractivity contribution is 0.242. The second-order valence-electron chi connectivity index (χ2n) is 6.63. The molecule has 1 aliphatic carbocycles. The molecule has 0 saturated heterocycles. The Bertz CT molecular complexity index is 738. The van der Waals surface area contributed by atoms with Crippen LogP contribution in [0.15, 0.2) is 41.4 Å². The quantitative estimate of drug-likeness (QED) is 0.644. The number of pyridine rings is 1. The highest BCUT2D eigenvalue weighted by molar-refractivity contribution is 5.92. The number of guanidine groups is 1. The van der Waals surface area contributed by atoms with Crippen molar-refractivity contribution >= 4 is 11.6 Å². The number of nitrogens with one attached hydrogen (secondary N) is 1. The number of hydrogen-bond donors (Lipinski definition) is 2. The van der Waals surface area contributed by atoms with E-state index in [-0.39, 0.29) is 6.10 Å². The van der Waals surface area contributed by atoms with Crippen LogP contribution in [0.5, 0.6) is 5.75 Å². The number of hydrogen-bond acceptors (Lipinski definition) is 3. The third-order valence-electron chi connectivity index (χ3n) is 4.15. The van der Waals surface area contributed by atoms with Gasteiger partial charge in [0.15, 0.2) is 5.96 Å². The van der Waals surface area contributed by atoms with Gasteiger partial charge in [0.05, 0.1) is 18.3 Å². The van der Waals surface area contributed by atoms with E-state index in [1.54, 1.807) is 0 Å². The molecule has 0 saturated carbocycles. The Morgan fingerprint density at radius 3 is 2.68 bits per heavy atom. The van der Waals surface area contributed by atoms with Gasteiger partial charge in [0.1, 0.15) is 5.75 Å². The number of anilines is 1. The predicted molar refractivity (Wildman–Crippen MR) is 102 cm³/mol. The molecule has 3 N–H and O–H groups in total. The average Bonchev–Trinajstić information content (AvgIpc) is 2.61. The summed E-state index contributed by atoms with van der Waals surface area (Å²) in [7, 11) is 0. The second-order valence-corrected chi connectivity index (χ2v) is 6.63. The fourth-order valence-corrected chi connectivity index (χ4v) is 2.96. The summed E-state index contributed by atoms with van der Waals surface area (Å²) in [5, 5.41) is 3.10. The number of rotatable bonds is 5. The third kappa shape index (κ3) is 4.95. The molecule has 0 radical (unpaired) electrons. The minimum absolute atomic E-state index is 0.162. The molecule has 0 atom stereocenters. The zero-order valence-corrected chi connectivity index (χ0v) is 15.0. The molecule has 5 nitrogen and oxygen atoms in total. The molecule has 5 heteroatoms. The van der Waals surface area contributed by atoms with E-state index in [9.17, 15) is 0 Å². The summed E-state index contributed by atoms with van der Waals surface area (Å²) in [5.74, 6) is 1.23. The van der Waals surface area contributed by atoms with Crippen LogP contribution in [-0.4, -0.2) is 17.0 Å². The first kappa shape index (κ1) is 17.3.